The minimum atomic E-state index is -0.935. The van der Waals surface area contributed by atoms with Crippen LogP contribution in [0.1, 0.15) is 41.5 Å². The van der Waals surface area contributed by atoms with Crippen LogP contribution < -0.4 is 0 Å². The molecule has 0 heterocycles. The predicted octanol–water partition coefficient (Wildman–Crippen LogP) is 0.845. The van der Waals surface area contributed by atoms with Crippen molar-refractivity contribution in [1.29, 1.82) is 0 Å². The molecule has 0 amide bonds. The van der Waals surface area contributed by atoms with Gasteiger partial charge in [0.15, 0.2) is 0 Å². The van der Waals surface area contributed by atoms with Crippen LogP contribution >= 0.6 is 0 Å². The standard InChI is InChI=1S/C6H14O4.C4H10O3.6C4H6O2.C2H6O2/c7-1-3-9-5-6-10-4-2-8;5-1-3-7-4-2-6;6*1-3(2)4(5)6;3-1-2-4/h7-8H,1-6H2;5-6H,1-4H2;6*1H2,2H3,(H,5,6);3-4H,1-2H2. The van der Waals surface area contributed by atoms with E-state index in [9.17, 15) is 28.8 Å². The number of ether oxygens (including phenoxy) is 3. The lowest BCUT2D eigenvalue weighted by Crippen LogP contribution is -2.09. The van der Waals surface area contributed by atoms with Gasteiger partial charge in [0.2, 0.25) is 0 Å². The van der Waals surface area contributed by atoms with Crippen LogP contribution in [-0.4, -0.2) is 176 Å². The van der Waals surface area contributed by atoms with Crippen LogP contribution in [0.5, 0.6) is 0 Å². The van der Waals surface area contributed by atoms with E-state index in [1.54, 1.807) is 0 Å². The van der Waals surface area contributed by atoms with Gasteiger partial charge in [-0.05, 0) is 41.5 Å². The molecule has 0 rings (SSSR count). The third-order valence-electron chi connectivity index (χ3n) is 3.61. The number of hydrogen-bond acceptors (Lipinski definition) is 15. The maximum atomic E-state index is 9.60. The maximum Gasteiger partial charge on any atom is 0.330 e. The molecule has 0 fully saturated rings. The van der Waals surface area contributed by atoms with Gasteiger partial charge in [0.1, 0.15) is 0 Å². The fourth-order valence-electron chi connectivity index (χ4n) is 0.682. The SMILES string of the molecule is C=C(C)C(=O)O.C=C(C)C(=O)O.C=C(C)C(=O)O.C=C(C)C(=O)O.C=C(C)C(=O)O.C=C(C)C(=O)O.OCCO.OCCOCCO.OCCOCCOCCO. The van der Waals surface area contributed by atoms with Crippen LogP contribution in [0, 0.1) is 0 Å². The average Bonchev–Trinajstić information content (AvgIpc) is 3.11. The normalized spacial score (nSPS) is 8.21. The molecule has 0 bridgehead atoms. The minimum absolute atomic E-state index is 0.0278. The zero-order valence-electron chi connectivity index (χ0n) is 33.8. The zero-order chi connectivity index (χ0) is 47.5. The average molecular weight is 835 g/mol. The zero-order valence-corrected chi connectivity index (χ0v) is 33.8. The number of aliphatic hydroxyl groups is 6. The molecule has 0 aromatic rings. The summed E-state index contributed by atoms with van der Waals surface area (Å²) in [6, 6.07) is 0. The monoisotopic (exact) mass is 834 g/mol. The van der Waals surface area contributed by atoms with E-state index < -0.39 is 35.8 Å². The van der Waals surface area contributed by atoms with Gasteiger partial charge in [0.25, 0.3) is 0 Å². The molecule has 0 saturated heterocycles. The first-order valence-corrected chi connectivity index (χ1v) is 15.8. The molecule has 0 saturated carbocycles. The van der Waals surface area contributed by atoms with Gasteiger partial charge in [-0.25, -0.2) is 28.8 Å². The molecule has 21 nitrogen and oxygen atoms in total. The Hall–Kier alpha value is -5.10. The summed E-state index contributed by atoms with van der Waals surface area (Å²) in [4.78, 5) is 57.6. The summed E-state index contributed by atoms with van der Waals surface area (Å²) in [5.74, 6) is -5.61. The summed E-state index contributed by atoms with van der Waals surface area (Å²) >= 11 is 0. The molecule has 0 aliphatic heterocycles. The summed E-state index contributed by atoms with van der Waals surface area (Å²) in [7, 11) is 0. The Morgan fingerprint density at radius 3 is 0.474 bits per heavy atom. The van der Waals surface area contributed by atoms with Gasteiger partial charge in [0.05, 0.1) is 79.3 Å². The highest BCUT2D eigenvalue weighted by molar-refractivity contribution is 5.86. The van der Waals surface area contributed by atoms with Crippen molar-refractivity contribution in [3.63, 3.8) is 0 Å². The van der Waals surface area contributed by atoms with E-state index in [-0.39, 0.29) is 73.1 Å². The van der Waals surface area contributed by atoms with Crippen molar-refractivity contribution in [3.05, 3.63) is 72.9 Å². The van der Waals surface area contributed by atoms with Gasteiger partial charge in [-0.2, -0.15) is 0 Å². The predicted molar refractivity (Wildman–Crippen MR) is 210 cm³/mol. The van der Waals surface area contributed by atoms with Crippen molar-refractivity contribution >= 4 is 35.8 Å². The summed E-state index contributed by atoms with van der Waals surface area (Å²) in [6.07, 6.45) is 0. The van der Waals surface area contributed by atoms with E-state index >= 15 is 0 Å². The van der Waals surface area contributed by atoms with E-state index in [2.05, 4.69) is 44.2 Å². The molecular formula is C36H66O21. The van der Waals surface area contributed by atoms with E-state index in [4.69, 9.17) is 70.8 Å². The van der Waals surface area contributed by atoms with E-state index in [1.165, 1.54) is 41.5 Å². The van der Waals surface area contributed by atoms with Crippen LogP contribution in [0.15, 0.2) is 72.9 Å². The van der Waals surface area contributed by atoms with Crippen molar-refractivity contribution in [3.8, 4) is 0 Å². The Bertz CT molecular complexity index is 855. The number of hydrogen-bond donors (Lipinski definition) is 12. The van der Waals surface area contributed by atoms with E-state index in [1.807, 2.05) is 0 Å². The molecule has 336 valence electrons. The lowest BCUT2D eigenvalue weighted by atomic mass is 10.4. The Kier molecular flexibility index (Phi) is 77.1. The third kappa shape index (κ3) is 127. The Balaban J connectivity index is -0.0000000656. The first-order valence-electron chi connectivity index (χ1n) is 15.8. The largest absolute Gasteiger partial charge is 0.478 e. The minimum Gasteiger partial charge on any atom is -0.478 e. The highest BCUT2D eigenvalue weighted by atomic mass is 16.5. The van der Waals surface area contributed by atoms with Gasteiger partial charge in [-0.1, -0.05) is 39.5 Å². The second-order valence-corrected chi connectivity index (χ2v) is 9.69. The summed E-state index contributed by atoms with van der Waals surface area (Å²) in [5.41, 5.74) is 1.06. The first kappa shape index (κ1) is 73.1. The van der Waals surface area contributed by atoms with E-state index in [0.717, 1.165) is 0 Å². The number of carbonyl (C=O) groups is 6. The second kappa shape index (κ2) is 60.2. The first-order chi connectivity index (χ1) is 26.1. The molecule has 57 heavy (non-hydrogen) atoms. The lowest BCUT2D eigenvalue weighted by molar-refractivity contribution is -0.133. The third-order valence-corrected chi connectivity index (χ3v) is 3.61. The molecule has 0 aliphatic rings. The molecular weight excluding hydrogens is 768 g/mol. The summed E-state index contributed by atoms with van der Waals surface area (Å²) < 4.78 is 14.4. The van der Waals surface area contributed by atoms with Gasteiger partial charge in [-0.3, -0.25) is 0 Å². The number of rotatable bonds is 18. The van der Waals surface area contributed by atoms with Crippen LogP contribution in [-0.2, 0) is 43.0 Å². The van der Waals surface area contributed by atoms with Crippen molar-refractivity contribution in [2.75, 3.05) is 79.3 Å². The molecule has 0 unspecified atom stereocenters. The van der Waals surface area contributed by atoms with E-state index in [0.29, 0.717) is 39.6 Å². The van der Waals surface area contributed by atoms with Crippen molar-refractivity contribution in [2.45, 2.75) is 41.5 Å². The molecule has 12 N–H and O–H groups in total. The summed E-state index contributed by atoms with van der Waals surface area (Å²) in [5, 5.41) is 95.3. The Labute approximate surface area is 333 Å². The molecule has 0 atom stereocenters. The van der Waals surface area contributed by atoms with Crippen LogP contribution in [0.25, 0.3) is 0 Å². The van der Waals surface area contributed by atoms with Crippen molar-refractivity contribution < 1.29 is 104 Å². The fraction of sp³-hybridized carbons (Fsp3) is 0.500. The highest BCUT2D eigenvalue weighted by Crippen LogP contribution is 1.84. The molecule has 21 heteroatoms. The quantitative estimate of drug-likeness (QED) is 0.0672. The lowest BCUT2D eigenvalue weighted by Gasteiger charge is -2.01. The number of aliphatic hydroxyl groups excluding tert-OH is 6. The van der Waals surface area contributed by atoms with Gasteiger partial charge in [-0.15, -0.1) is 0 Å². The second-order valence-electron chi connectivity index (χ2n) is 9.69. The smallest absolute Gasteiger partial charge is 0.330 e. The van der Waals surface area contributed by atoms with Gasteiger partial charge < -0.3 is 75.5 Å². The van der Waals surface area contributed by atoms with Gasteiger partial charge in [0, 0.05) is 33.4 Å². The molecule has 0 aromatic carbocycles. The molecule has 0 aliphatic carbocycles. The molecule has 0 spiro atoms. The summed E-state index contributed by atoms with van der Waals surface area (Å²) in [6.45, 7) is 29.8. The maximum absolute atomic E-state index is 9.60. The molecule has 0 aromatic heterocycles. The number of carboxylic acid groups (broad SMARTS) is 6. The number of aliphatic carboxylic acids is 6. The van der Waals surface area contributed by atoms with Crippen LogP contribution in [0.3, 0.4) is 0 Å². The van der Waals surface area contributed by atoms with Crippen LogP contribution in [0.2, 0.25) is 0 Å². The Morgan fingerprint density at radius 1 is 0.298 bits per heavy atom. The number of carboxylic acids is 6. The van der Waals surface area contributed by atoms with Gasteiger partial charge >= 0.3 is 35.8 Å². The van der Waals surface area contributed by atoms with Crippen molar-refractivity contribution in [1.82, 2.24) is 0 Å². The Morgan fingerprint density at radius 2 is 0.404 bits per heavy atom. The van der Waals surface area contributed by atoms with Crippen molar-refractivity contribution in [2.24, 2.45) is 0 Å². The fourth-order valence-corrected chi connectivity index (χ4v) is 0.682. The molecule has 0 radical (unpaired) electrons. The van der Waals surface area contributed by atoms with Crippen LogP contribution in [0.4, 0.5) is 0 Å². The highest BCUT2D eigenvalue weighted by Gasteiger charge is 1.93. The topological polar surface area (TPSA) is 373 Å².